The summed E-state index contributed by atoms with van der Waals surface area (Å²) in [5, 5.41) is 9.72. The first-order valence-electron chi connectivity index (χ1n) is 11.6. The maximum absolute atomic E-state index is 14.1. The number of carbonyl (C=O) groups excluding carboxylic acids is 3. The number of benzene rings is 2. The molecule has 2 aliphatic rings. The average molecular weight is 475 g/mol. The summed E-state index contributed by atoms with van der Waals surface area (Å²) in [5.41, 5.74) is 7.98. The standard InChI is InChI=1S/C26H26N4O5/c27-25(33)19-8-5-17(29-11-9-28-15-29)13-20(19)21(12-16-3-6-18(31)7-4-16)26(34)30-10-1-2-23-24(30)22(32)14-35-23/h3-9,11,13,15,21,23-24,31H,1-2,10,12,14H2,(H2,27,33). The van der Waals surface area contributed by atoms with Gasteiger partial charge in [-0.3, -0.25) is 14.4 Å². The van der Waals surface area contributed by atoms with E-state index in [0.29, 0.717) is 12.1 Å². The molecule has 3 aromatic rings. The molecule has 0 radical (unpaired) electrons. The number of hydrogen-bond donors (Lipinski definition) is 2. The van der Waals surface area contributed by atoms with Gasteiger partial charge in [0.15, 0.2) is 5.78 Å². The molecule has 9 heteroatoms. The molecule has 180 valence electrons. The minimum atomic E-state index is -0.780. The van der Waals surface area contributed by atoms with Crippen LogP contribution in [0.4, 0.5) is 0 Å². The Morgan fingerprint density at radius 1 is 1.20 bits per heavy atom. The topological polar surface area (TPSA) is 128 Å². The van der Waals surface area contributed by atoms with Crippen LogP contribution in [0.3, 0.4) is 0 Å². The number of hydrogen-bond acceptors (Lipinski definition) is 6. The molecule has 9 nitrogen and oxygen atoms in total. The lowest BCUT2D eigenvalue weighted by molar-refractivity contribution is -0.142. The summed E-state index contributed by atoms with van der Waals surface area (Å²) in [5.74, 6) is -1.66. The van der Waals surface area contributed by atoms with Crippen molar-refractivity contribution in [2.75, 3.05) is 13.2 Å². The molecule has 2 saturated heterocycles. The summed E-state index contributed by atoms with van der Waals surface area (Å²) >= 11 is 0. The van der Waals surface area contributed by atoms with E-state index in [4.69, 9.17) is 10.5 Å². The molecule has 2 amide bonds. The Balaban J connectivity index is 1.60. The van der Waals surface area contributed by atoms with Crippen LogP contribution in [0.1, 0.15) is 40.2 Å². The zero-order chi connectivity index (χ0) is 24.5. The number of primary amides is 1. The van der Waals surface area contributed by atoms with Gasteiger partial charge in [0.1, 0.15) is 18.4 Å². The average Bonchev–Trinajstić information content (AvgIpc) is 3.53. The van der Waals surface area contributed by atoms with Gasteiger partial charge in [0.2, 0.25) is 11.8 Å². The van der Waals surface area contributed by atoms with Crippen molar-refractivity contribution < 1.29 is 24.2 Å². The van der Waals surface area contributed by atoms with E-state index in [0.717, 1.165) is 24.1 Å². The molecule has 1 aromatic heterocycles. The SMILES string of the molecule is NC(=O)c1ccc(-n2ccnc2)cc1C(Cc1ccc(O)cc1)C(=O)N1CCCC2OCC(=O)C21. The fourth-order valence-electron chi connectivity index (χ4n) is 5.07. The number of ether oxygens (including phenoxy) is 1. The number of carbonyl (C=O) groups is 3. The molecule has 0 saturated carbocycles. The maximum atomic E-state index is 14.1. The molecule has 5 rings (SSSR count). The molecule has 35 heavy (non-hydrogen) atoms. The Kier molecular flexibility index (Phi) is 6.08. The summed E-state index contributed by atoms with van der Waals surface area (Å²) in [6.07, 6.45) is 6.45. The van der Waals surface area contributed by atoms with Gasteiger partial charge in [-0.1, -0.05) is 12.1 Å². The molecule has 2 fully saturated rings. The number of fused-ring (bicyclic) bond motifs is 1. The zero-order valence-corrected chi connectivity index (χ0v) is 19.0. The van der Waals surface area contributed by atoms with Crippen molar-refractivity contribution in [2.24, 2.45) is 5.73 Å². The second-order valence-corrected chi connectivity index (χ2v) is 8.96. The van der Waals surface area contributed by atoms with Gasteiger partial charge in [0.05, 0.1) is 18.3 Å². The van der Waals surface area contributed by atoms with Gasteiger partial charge in [0, 0.05) is 30.2 Å². The molecule has 3 unspecified atom stereocenters. The van der Waals surface area contributed by atoms with Crippen molar-refractivity contribution >= 4 is 17.6 Å². The largest absolute Gasteiger partial charge is 0.508 e. The number of phenols is 1. The molecular formula is C26H26N4O5. The zero-order valence-electron chi connectivity index (χ0n) is 19.0. The second-order valence-electron chi connectivity index (χ2n) is 8.96. The van der Waals surface area contributed by atoms with Gasteiger partial charge in [-0.05, 0) is 60.7 Å². The van der Waals surface area contributed by atoms with E-state index in [-0.39, 0.29) is 42.1 Å². The first kappa shape index (κ1) is 22.8. The fraction of sp³-hybridized carbons (Fsp3) is 0.308. The summed E-state index contributed by atoms with van der Waals surface area (Å²) in [6.45, 7) is 0.443. The summed E-state index contributed by atoms with van der Waals surface area (Å²) in [4.78, 5) is 44.9. The first-order valence-corrected chi connectivity index (χ1v) is 11.6. The minimum Gasteiger partial charge on any atom is -0.508 e. The maximum Gasteiger partial charge on any atom is 0.249 e. The number of phenolic OH excluding ortho intramolecular Hbond substituents is 1. The quantitative estimate of drug-likeness (QED) is 0.562. The van der Waals surface area contributed by atoms with Crippen LogP contribution in [-0.2, 0) is 20.7 Å². The Morgan fingerprint density at radius 3 is 2.71 bits per heavy atom. The van der Waals surface area contributed by atoms with Crippen LogP contribution in [0.25, 0.3) is 5.69 Å². The third-order valence-corrected chi connectivity index (χ3v) is 6.78. The highest BCUT2D eigenvalue weighted by Gasteiger charge is 2.46. The molecule has 2 aliphatic heterocycles. The monoisotopic (exact) mass is 474 g/mol. The predicted molar refractivity (Wildman–Crippen MR) is 126 cm³/mol. The number of aromatic hydroxyl groups is 1. The third kappa shape index (κ3) is 4.42. The Bertz CT molecular complexity index is 1260. The van der Waals surface area contributed by atoms with Crippen LogP contribution < -0.4 is 5.73 Å². The van der Waals surface area contributed by atoms with Crippen LogP contribution in [0.5, 0.6) is 5.75 Å². The predicted octanol–water partition coefficient (Wildman–Crippen LogP) is 1.96. The summed E-state index contributed by atoms with van der Waals surface area (Å²) in [6, 6.07) is 11.1. The van der Waals surface area contributed by atoms with Gasteiger partial charge in [-0.25, -0.2) is 4.98 Å². The number of imidazole rings is 1. The smallest absolute Gasteiger partial charge is 0.249 e. The molecule has 2 aromatic carbocycles. The summed E-state index contributed by atoms with van der Waals surface area (Å²) < 4.78 is 7.42. The highest BCUT2D eigenvalue weighted by molar-refractivity contribution is 5.99. The fourth-order valence-corrected chi connectivity index (χ4v) is 5.07. The lowest BCUT2D eigenvalue weighted by Crippen LogP contribution is -2.53. The van der Waals surface area contributed by atoms with E-state index in [9.17, 15) is 19.5 Å². The number of piperidine rings is 1. The molecule has 3 heterocycles. The van der Waals surface area contributed by atoms with Gasteiger partial charge in [-0.15, -0.1) is 0 Å². The molecule has 3 atom stereocenters. The van der Waals surface area contributed by atoms with Crippen molar-refractivity contribution in [3.05, 3.63) is 77.9 Å². The van der Waals surface area contributed by atoms with E-state index in [1.54, 1.807) is 70.7 Å². The van der Waals surface area contributed by atoms with Gasteiger partial charge in [-0.2, -0.15) is 0 Å². The van der Waals surface area contributed by atoms with Gasteiger partial charge < -0.3 is 25.0 Å². The van der Waals surface area contributed by atoms with Crippen molar-refractivity contribution in [2.45, 2.75) is 37.3 Å². The van der Waals surface area contributed by atoms with E-state index in [2.05, 4.69) is 4.98 Å². The number of nitrogens with zero attached hydrogens (tertiary/aromatic N) is 3. The number of nitrogens with two attached hydrogens (primary N) is 1. The van der Waals surface area contributed by atoms with E-state index in [1.165, 1.54) is 0 Å². The third-order valence-electron chi connectivity index (χ3n) is 6.78. The van der Waals surface area contributed by atoms with Crippen LogP contribution in [0.2, 0.25) is 0 Å². The van der Waals surface area contributed by atoms with Gasteiger partial charge in [0.25, 0.3) is 0 Å². The van der Waals surface area contributed by atoms with Crippen molar-refractivity contribution in [3.8, 4) is 11.4 Å². The Labute approximate surface area is 202 Å². The van der Waals surface area contributed by atoms with Crippen molar-refractivity contribution in [1.29, 1.82) is 0 Å². The highest BCUT2D eigenvalue weighted by atomic mass is 16.5. The highest BCUT2D eigenvalue weighted by Crippen LogP contribution is 2.33. The lowest BCUT2D eigenvalue weighted by atomic mass is 9.85. The van der Waals surface area contributed by atoms with Crippen LogP contribution in [-0.4, -0.2) is 62.5 Å². The van der Waals surface area contributed by atoms with Gasteiger partial charge >= 0.3 is 0 Å². The molecule has 0 bridgehead atoms. The van der Waals surface area contributed by atoms with Crippen LogP contribution in [0.15, 0.2) is 61.2 Å². The van der Waals surface area contributed by atoms with E-state index >= 15 is 0 Å². The molecule has 0 aliphatic carbocycles. The number of rotatable bonds is 6. The van der Waals surface area contributed by atoms with Crippen molar-refractivity contribution in [1.82, 2.24) is 14.5 Å². The normalized spacial score (nSPS) is 20.5. The van der Waals surface area contributed by atoms with Crippen molar-refractivity contribution in [3.63, 3.8) is 0 Å². The van der Waals surface area contributed by atoms with Crippen LogP contribution in [0, 0.1) is 0 Å². The van der Waals surface area contributed by atoms with E-state index in [1.807, 2.05) is 0 Å². The Morgan fingerprint density at radius 2 is 2.00 bits per heavy atom. The number of likely N-dealkylation sites (tertiary alicyclic amines) is 1. The minimum absolute atomic E-state index is 0.00436. The number of ketones is 1. The Hall–Kier alpha value is -3.98. The number of Topliss-reactive ketones (excluding diaryl/α,β-unsaturated/α-hetero) is 1. The molecule has 0 spiro atoms. The van der Waals surface area contributed by atoms with Crippen LogP contribution >= 0.6 is 0 Å². The first-order chi connectivity index (χ1) is 16.9. The number of amides is 2. The number of aromatic nitrogens is 2. The summed E-state index contributed by atoms with van der Waals surface area (Å²) in [7, 11) is 0. The lowest BCUT2D eigenvalue weighted by Gasteiger charge is -2.38. The second kappa shape index (κ2) is 9.34. The molecule has 3 N–H and O–H groups in total. The molecular weight excluding hydrogens is 448 g/mol. The van der Waals surface area contributed by atoms with E-state index < -0.39 is 17.9 Å².